The van der Waals surface area contributed by atoms with Crippen molar-refractivity contribution >= 4 is 17.7 Å². The van der Waals surface area contributed by atoms with E-state index in [1.165, 1.54) is 11.8 Å². The lowest BCUT2D eigenvalue weighted by molar-refractivity contribution is -0.119. The molecule has 0 aliphatic heterocycles. The number of carbonyl (C=O) groups excluding carboxylic acids is 1. The number of nitrogens with zero attached hydrogens (tertiary/aromatic N) is 4. The van der Waals surface area contributed by atoms with Crippen LogP contribution in [0.3, 0.4) is 0 Å². The van der Waals surface area contributed by atoms with Crippen LogP contribution >= 0.6 is 11.8 Å². The van der Waals surface area contributed by atoms with E-state index in [9.17, 15) is 4.79 Å². The quantitative estimate of drug-likeness (QED) is 0.422. The molecule has 4 aromatic rings. The Hall–Kier alpha value is -3.45. The second-order valence-electron chi connectivity index (χ2n) is 6.90. The average molecular weight is 430 g/mol. The minimum atomic E-state index is -0.202. The van der Waals surface area contributed by atoms with E-state index >= 15 is 0 Å². The molecule has 1 N–H and O–H groups in total. The summed E-state index contributed by atoms with van der Waals surface area (Å²) in [4.78, 5) is 16.9. The molecule has 0 spiro atoms. The normalized spacial score (nSPS) is 10.9. The molecule has 0 saturated carbocycles. The molecule has 0 bridgehead atoms. The maximum atomic E-state index is 12.9. The van der Waals surface area contributed by atoms with Crippen molar-refractivity contribution < 1.29 is 4.79 Å². The zero-order valence-electron chi connectivity index (χ0n) is 17.2. The summed E-state index contributed by atoms with van der Waals surface area (Å²) >= 11 is 1.39. The lowest BCUT2D eigenvalue weighted by Crippen LogP contribution is -2.30. The molecule has 0 atom stereocenters. The van der Waals surface area contributed by atoms with E-state index in [0.29, 0.717) is 6.54 Å². The molecule has 1 amide bonds. The van der Waals surface area contributed by atoms with Crippen LogP contribution in [0.2, 0.25) is 0 Å². The Kier molecular flexibility index (Phi) is 6.74. The van der Waals surface area contributed by atoms with E-state index in [4.69, 9.17) is 0 Å². The maximum absolute atomic E-state index is 12.9. The predicted molar refractivity (Wildman–Crippen MR) is 123 cm³/mol. The highest BCUT2D eigenvalue weighted by Gasteiger charge is 2.18. The van der Waals surface area contributed by atoms with Crippen molar-refractivity contribution in [2.75, 3.05) is 5.75 Å². The summed E-state index contributed by atoms with van der Waals surface area (Å²) in [5.74, 6) is 0.975. The number of hydrogen-bond donors (Lipinski definition) is 1. The van der Waals surface area contributed by atoms with Gasteiger partial charge in [0, 0.05) is 24.5 Å². The number of aromatic nitrogens is 4. The molecule has 2 aromatic heterocycles. The summed E-state index contributed by atoms with van der Waals surface area (Å²) < 4.78 is 2.01. The zero-order valence-corrected chi connectivity index (χ0v) is 18.0. The molecule has 0 unspecified atom stereocenters. The highest BCUT2D eigenvalue weighted by atomic mass is 32.2. The van der Waals surface area contributed by atoms with Crippen LogP contribution < -0.4 is 5.32 Å². The Morgan fingerprint density at radius 3 is 2.13 bits per heavy atom. The van der Waals surface area contributed by atoms with Crippen molar-refractivity contribution in [1.82, 2.24) is 25.1 Å². The standard InChI is InChI=1S/C24H23N5OS/c1-2-29-23(20-13-15-25-16-14-20)27-28-24(29)31-17-21(30)26-22(18-9-5-3-6-10-18)19-11-7-4-8-12-19/h3-16,22H,2,17H2,1H3,(H,26,30). The lowest BCUT2D eigenvalue weighted by atomic mass is 9.99. The monoisotopic (exact) mass is 429 g/mol. The fourth-order valence-electron chi connectivity index (χ4n) is 3.38. The summed E-state index contributed by atoms with van der Waals surface area (Å²) in [6, 6.07) is 23.6. The van der Waals surface area contributed by atoms with E-state index in [0.717, 1.165) is 27.7 Å². The fourth-order valence-corrected chi connectivity index (χ4v) is 4.19. The van der Waals surface area contributed by atoms with Crippen LogP contribution in [-0.2, 0) is 11.3 Å². The Bertz CT molecular complexity index is 1080. The van der Waals surface area contributed by atoms with Crippen LogP contribution in [0.15, 0.2) is 90.3 Å². The molecule has 7 heteroatoms. The molecule has 0 saturated heterocycles. The van der Waals surface area contributed by atoms with Crippen LogP contribution in [0.4, 0.5) is 0 Å². The first kappa shape index (κ1) is 20.8. The largest absolute Gasteiger partial charge is 0.344 e. The van der Waals surface area contributed by atoms with E-state index in [-0.39, 0.29) is 17.7 Å². The van der Waals surface area contributed by atoms with Crippen LogP contribution in [-0.4, -0.2) is 31.4 Å². The molecule has 0 radical (unpaired) electrons. The molecule has 0 fully saturated rings. The van der Waals surface area contributed by atoms with Crippen molar-refractivity contribution in [3.05, 3.63) is 96.3 Å². The summed E-state index contributed by atoms with van der Waals surface area (Å²) in [6.07, 6.45) is 3.47. The number of amides is 1. The van der Waals surface area contributed by atoms with Crippen LogP contribution in [0.25, 0.3) is 11.4 Å². The van der Waals surface area contributed by atoms with Gasteiger partial charge in [-0.2, -0.15) is 0 Å². The van der Waals surface area contributed by atoms with E-state index in [2.05, 4.69) is 20.5 Å². The second-order valence-corrected chi connectivity index (χ2v) is 7.84. The maximum Gasteiger partial charge on any atom is 0.231 e. The third kappa shape index (κ3) is 5.00. The van der Waals surface area contributed by atoms with Gasteiger partial charge in [-0.1, -0.05) is 72.4 Å². The molecule has 6 nitrogen and oxygen atoms in total. The SMILES string of the molecule is CCn1c(SCC(=O)NC(c2ccccc2)c2ccccc2)nnc1-c1ccncc1. The third-order valence-electron chi connectivity index (χ3n) is 4.88. The third-order valence-corrected chi connectivity index (χ3v) is 5.84. The minimum Gasteiger partial charge on any atom is -0.344 e. The van der Waals surface area contributed by atoms with Crippen molar-refractivity contribution in [2.45, 2.75) is 24.7 Å². The summed E-state index contributed by atoms with van der Waals surface area (Å²) in [5, 5.41) is 12.5. The van der Waals surface area contributed by atoms with Crippen LogP contribution in [0, 0.1) is 0 Å². The Morgan fingerprint density at radius 1 is 0.935 bits per heavy atom. The van der Waals surface area contributed by atoms with Gasteiger partial charge in [-0.15, -0.1) is 10.2 Å². The van der Waals surface area contributed by atoms with Gasteiger partial charge in [-0.3, -0.25) is 9.78 Å². The number of pyridine rings is 1. The van der Waals surface area contributed by atoms with E-state index in [1.54, 1.807) is 12.4 Å². The van der Waals surface area contributed by atoms with Gasteiger partial charge in [-0.05, 0) is 30.2 Å². The molecular weight excluding hydrogens is 406 g/mol. The van der Waals surface area contributed by atoms with Gasteiger partial charge in [0.15, 0.2) is 11.0 Å². The summed E-state index contributed by atoms with van der Waals surface area (Å²) in [7, 11) is 0. The Morgan fingerprint density at radius 2 is 1.55 bits per heavy atom. The van der Waals surface area contributed by atoms with Crippen molar-refractivity contribution in [2.24, 2.45) is 0 Å². The van der Waals surface area contributed by atoms with Gasteiger partial charge in [0.2, 0.25) is 5.91 Å². The van der Waals surface area contributed by atoms with Gasteiger partial charge in [0.25, 0.3) is 0 Å². The number of thioether (sulfide) groups is 1. The molecule has 2 aromatic carbocycles. The molecular formula is C24H23N5OS. The van der Waals surface area contributed by atoms with Gasteiger partial charge >= 0.3 is 0 Å². The first-order valence-corrected chi connectivity index (χ1v) is 11.1. The molecule has 4 rings (SSSR count). The molecule has 0 aliphatic rings. The Labute approximate surface area is 185 Å². The lowest BCUT2D eigenvalue weighted by Gasteiger charge is -2.20. The highest BCUT2D eigenvalue weighted by molar-refractivity contribution is 7.99. The van der Waals surface area contributed by atoms with Crippen molar-refractivity contribution in [1.29, 1.82) is 0 Å². The first-order valence-electron chi connectivity index (χ1n) is 10.1. The van der Waals surface area contributed by atoms with Crippen molar-refractivity contribution in [3.8, 4) is 11.4 Å². The molecule has 156 valence electrons. The van der Waals surface area contributed by atoms with Gasteiger partial charge < -0.3 is 9.88 Å². The predicted octanol–water partition coefficient (Wildman–Crippen LogP) is 4.36. The first-order chi connectivity index (χ1) is 15.3. The molecule has 2 heterocycles. The second kappa shape index (κ2) is 10.0. The minimum absolute atomic E-state index is 0.0566. The number of carbonyl (C=O) groups is 1. The number of benzene rings is 2. The fraction of sp³-hybridized carbons (Fsp3) is 0.167. The van der Waals surface area contributed by atoms with Gasteiger partial charge in [0.05, 0.1) is 11.8 Å². The van der Waals surface area contributed by atoms with E-state index in [1.807, 2.05) is 84.3 Å². The topological polar surface area (TPSA) is 72.7 Å². The van der Waals surface area contributed by atoms with Gasteiger partial charge in [0.1, 0.15) is 0 Å². The van der Waals surface area contributed by atoms with Crippen LogP contribution in [0.1, 0.15) is 24.1 Å². The van der Waals surface area contributed by atoms with Crippen LogP contribution in [0.5, 0.6) is 0 Å². The summed E-state index contributed by atoms with van der Waals surface area (Å²) in [6.45, 7) is 2.75. The number of hydrogen-bond acceptors (Lipinski definition) is 5. The zero-order chi connectivity index (χ0) is 21.5. The van der Waals surface area contributed by atoms with E-state index < -0.39 is 0 Å². The van der Waals surface area contributed by atoms with Gasteiger partial charge in [-0.25, -0.2) is 0 Å². The number of rotatable bonds is 8. The smallest absolute Gasteiger partial charge is 0.231 e. The average Bonchev–Trinajstić information content (AvgIpc) is 3.26. The number of nitrogens with one attached hydrogen (secondary N) is 1. The highest BCUT2D eigenvalue weighted by Crippen LogP contribution is 2.25. The summed E-state index contributed by atoms with van der Waals surface area (Å²) in [5.41, 5.74) is 3.04. The molecule has 31 heavy (non-hydrogen) atoms. The Balaban J connectivity index is 1.48. The molecule has 0 aliphatic carbocycles. The van der Waals surface area contributed by atoms with Crippen molar-refractivity contribution in [3.63, 3.8) is 0 Å².